The number of carbonyl (C=O) groups excluding carboxylic acids is 1. The summed E-state index contributed by atoms with van der Waals surface area (Å²) in [6.45, 7) is 3.37. The molecular weight excluding hydrogens is 378 g/mol. The molecule has 0 aliphatic carbocycles. The summed E-state index contributed by atoms with van der Waals surface area (Å²) in [5.74, 6) is 0.0503. The molecule has 4 rings (SSSR count). The normalized spacial score (nSPS) is 15.3. The molecule has 0 bridgehead atoms. The molecule has 0 spiro atoms. The van der Waals surface area contributed by atoms with Gasteiger partial charge in [-0.05, 0) is 37.0 Å². The number of benzene rings is 2. The summed E-state index contributed by atoms with van der Waals surface area (Å²) in [5, 5.41) is 10.8. The number of aryl methyl sites for hydroxylation is 1. The maximum atomic E-state index is 12.5. The molecular formula is C23H28N5O2+. The van der Waals surface area contributed by atoms with Crippen molar-refractivity contribution in [2.45, 2.75) is 44.8 Å². The van der Waals surface area contributed by atoms with Crippen LogP contribution in [0.4, 0.5) is 0 Å². The number of likely N-dealkylation sites (tertiary alicyclic amines) is 1. The van der Waals surface area contributed by atoms with Crippen LogP contribution in [-0.4, -0.2) is 39.8 Å². The van der Waals surface area contributed by atoms with E-state index in [9.17, 15) is 9.59 Å². The van der Waals surface area contributed by atoms with E-state index in [1.807, 2.05) is 24.3 Å². The molecule has 2 N–H and O–H groups in total. The first-order valence-corrected chi connectivity index (χ1v) is 10.6. The monoisotopic (exact) mass is 406 g/mol. The zero-order chi connectivity index (χ0) is 20.8. The second kappa shape index (κ2) is 9.63. The van der Waals surface area contributed by atoms with Crippen LogP contribution in [0.5, 0.6) is 0 Å². The number of aromatic nitrogens is 3. The Bertz CT molecular complexity index is 1040. The SMILES string of the molecule is O=C(CCCn1n[nH+]c2ccccc2c1=O)NC1CCN(Cc2ccccc2)CC1. The molecule has 1 aromatic heterocycles. The number of fused-ring (bicyclic) bond motifs is 1. The van der Waals surface area contributed by atoms with E-state index in [-0.39, 0.29) is 17.5 Å². The molecule has 1 amide bonds. The van der Waals surface area contributed by atoms with Crippen LogP contribution in [0, 0.1) is 0 Å². The van der Waals surface area contributed by atoms with Crippen LogP contribution in [0.25, 0.3) is 10.9 Å². The van der Waals surface area contributed by atoms with Crippen molar-refractivity contribution >= 4 is 16.8 Å². The number of aromatic amines is 1. The molecule has 1 fully saturated rings. The maximum absolute atomic E-state index is 12.5. The van der Waals surface area contributed by atoms with Gasteiger partial charge in [0.05, 0.1) is 5.21 Å². The van der Waals surface area contributed by atoms with Gasteiger partial charge < -0.3 is 5.32 Å². The summed E-state index contributed by atoms with van der Waals surface area (Å²) in [4.78, 5) is 27.2. The Balaban J connectivity index is 1.20. The number of para-hydroxylation sites is 1. The molecule has 0 atom stereocenters. The number of nitrogens with one attached hydrogen (secondary N) is 2. The quantitative estimate of drug-likeness (QED) is 0.648. The molecule has 1 aliphatic rings. The lowest BCUT2D eigenvalue weighted by atomic mass is 10.0. The van der Waals surface area contributed by atoms with Crippen molar-refractivity contribution in [2.24, 2.45) is 0 Å². The number of rotatable bonds is 7. The highest BCUT2D eigenvalue weighted by atomic mass is 16.1. The second-order valence-electron chi connectivity index (χ2n) is 7.89. The minimum absolute atomic E-state index is 0.0503. The lowest BCUT2D eigenvalue weighted by Gasteiger charge is -2.32. The fourth-order valence-corrected chi connectivity index (χ4v) is 3.98. The van der Waals surface area contributed by atoms with Crippen molar-refractivity contribution in [2.75, 3.05) is 13.1 Å². The van der Waals surface area contributed by atoms with E-state index < -0.39 is 0 Å². The minimum atomic E-state index is -0.129. The van der Waals surface area contributed by atoms with Gasteiger partial charge in [0, 0.05) is 32.1 Å². The average molecular weight is 407 g/mol. The van der Waals surface area contributed by atoms with Crippen molar-refractivity contribution in [1.82, 2.24) is 20.1 Å². The van der Waals surface area contributed by atoms with Gasteiger partial charge in [-0.25, -0.2) is 4.79 Å². The van der Waals surface area contributed by atoms with E-state index in [4.69, 9.17) is 0 Å². The lowest BCUT2D eigenvalue weighted by molar-refractivity contribution is -0.439. The zero-order valence-corrected chi connectivity index (χ0v) is 17.1. The number of hydrogen-bond acceptors (Lipinski definition) is 4. The van der Waals surface area contributed by atoms with E-state index in [1.165, 1.54) is 10.2 Å². The largest absolute Gasteiger partial charge is 0.365 e. The maximum Gasteiger partial charge on any atom is 0.365 e. The Kier molecular flexibility index (Phi) is 6.49. The molecule has 30 heavy (non-hydrogen) atoms. The molecule has 0 radical (unpaired) electrons. The molecule has 3 aromatic rings. The molecule has 0 unspecified atom stereocenters. The molecule has 1 saturated heterocycles. The van der Waals surface area contributed by atoms with Crippen molar-refractivity contribution in [3.05, 3.63) is 70.5 Å². The van der Waals surface area contributed by atoms with Crippen LogP contribution in [0.15, 0.2) is 59.4 Å². The topological polar surface area (TPSA) is 81.4 Å². The fourth-order valence-electron chi connectivity index (χ4n) is 3.98. The summed E-state index contributed by atoms with van der Waals surface area (Å²) in [6, 6.07) is 18.0. The zero-order valence-electron chi connectivity index (χ0n) is 17.1. The number of nitrogens with zero attached hydrogens (tertiary/aromatic N) is 3. The van der Waals surface area contributed by atoms with Crippen LogP contribution in [0.2, 0.25) is 0 Å². The standard InChI is InChI=1S/C23H27N5O2/c29-22(11-6-14-28-23(30)20-9-4-5-10-21(20)25-26-28)24-19-12-15-27(16-13-19)17-18-7-2-1-3-8-18/h1-5,7-10,19H,6,11-17H2,(H,24,29)/p+1. The number of amides is 1. The molecule has 2 heterocycles. The summed E-state index contributed by atoms with van der Waals surface area (Å²) >= 11 is 0. The van der Waals surface area contributed by atoms with Gasteiger partial charge in [-0.1, -0.05) is 47.1 Å². The number of H-pyrrole nitrogens is 1. The highest BCUT2D eigenvalue weighted by Crippen LogP contribution is 2.14. The van der Waals surface area contributed by atoms with Crippen molar-refractivity contribution < 1.29 is 9.89 Å². The van der Waals surface area contributed by atoms with Gasteiger partial charge in [0.25, 0.3) is 0 Å². The minimum Gasteiger partial charge on any atom is -0.353 e. The van der Waals surface area contributed by atoms with Crippen molar-refractivity contribution in [3.8, 4) is 0 Å². The summed E-state index contributed by atoms with van der Waals surface area (Å²) in [5.41, 5.74) is 1.92. The van der Waals surface area contributed by atoms with Gasteiger partial charge in [0.1, 0.15) is 11.9 Å². The molecule has 7 heteroatoms. The Hall–Kier alpha value is -3.06. The van der Waals surface area contributed by atoms with Crippen molar-refractivity contribution in [3.63, 3.8) is 0 Å². The van der Waals surface area contributed by atoms with Gasteiger partial charge in [-0.3, -0.25) is 9.69 Å². The lowest BCUT2D eigenvalue weighted by Crippen LogP contribution is -2.44. The highest BCUT2D eigenvalue weighted by molar-refractivity contribution is 5.76. The predicted molar refractivity (Wildman–Crippen MR) is 115 cm³/mol. The van der Waals surface area contributed by atoms with Gasteiger partial charge in [0.2, 0.25) is 5.91 Å². The first kappa shape index (κ1) is 20.2. The summed E-state index contributed by atoms with van der Waals surface area (Å²) < 4.78 is 1.40. The third-order valence-electron chi connectivity index (χ3n) is 5.66. The van der Waals surface area contributed by atoms with Crippen LogP contribution < -0.4 is 16.0 Å². The Morgan fingerprint density at radius 1 is 1.07 bits per heavy atom. The highest BCUT2D eigenvalue weighted by Gasteiger charge is 2.21. The first-order chi connectivity index (χ1) is 14.7. The molecule has 156 valence electrons. The van der Waals surface area contributed by atoms with E-state index in [1.54, 1.807) is 6.07 Å². The fraction of sp³-hybridized carbons (Fsp3) is 0.391. The van der Waals surface area contributed by atoms with E-state index >= 15 is 0 Å². The summed E-state index contributed by atoms with van der Waals surface area (Å²) in [7, 11) is 0. The van der Waals surface area contributed by atoms with Crippen molar-refractivity contribution in [1.29, 1.82) is 0 Å². The van der Waals surface area contributed by atoms with Gasteiger partial charge in [-0.15, -0.1) is 5.10 Å². The van der Waals surface area contributed by atoms with E-state index in [2.05, 4.69) is 44.8 Å². The Morgan fingerprint density at radius 2 is 1.80 bits per heavy atom. The first-order valence-electron chi connectivity index (χ1n) is 10.6. The van der Waals surface area contributed by atoms with Crippen LogP contribution in [-0.2, 0) is 17.9 Å². The Labute approximate surface area is 175 Å². The third-order valence-corrected chi connectivity index (χ3v) is 5.66. The van der Waals surface area contributed by atoms with E-state index in [0.717, 1.165) is 38.0 Å². The van der Waals surface area contributed by atoms with Crippen LogP contribution in [0.3, 0.4) is 0 Å². The molecule has 7 nitrogen and oxygen atoms in total. The van der Waals surface area contributed by atoms with Crippen LogP contribution in [0.1, 0.15) is 31.2 Å². The number of piperidine rings is 1. The molecule has 0 saturated carbocycles. The number of carbonyl (C=O) groups is 1. The average Bonchev–Trinajstić information content (AvgIpc) is 2.78. The van der Waals surface area contributed by atoms with Gasteiger partial charge in [-0.2, -0.15) is 0 Å². The van der Waals surface area contributed by atoms with Crippen LogP contribution >= 0.6 is 0 Å². The van der Waals surface area contributed by atoms with Gasteiger partial charge >= 0.3 is 5.56 Å². The third kappa shape index (κ3) is 5.10. The molecule has 1 aliphatic heterocycles. The predicted octanol–water partition coefficient (Wildman–Crippen LogP) is 1.77. The Morgan fingerprint density at radius 3 is 2.60 bits per heavy atom. The number of hydrogen-bond donors (Lipinski definition) is 1. The smallest absolute Gasteiger partial charge is 0.353 e. The van der Waals surface area contributed by atoms with Gasteiger partial charge in [0.15, 0.2) is 5.52 Å². The van der Waals surface area contributed by atoms with E-state index in [0.29, 0.717) is 24.8 Å². The summed E-state index contributed by atoms with van der Waals surface area (Å²) in [6.07, 6.45) is 2.92. The molecule has 2 aromatic carbocycles. The second-order valence-corrected chi connectivity index (χ2v) is 7.89.